The molecule has 0 saturated heterocycles. The Balaban J connectivity index is 1.86. The molecule has 0 fully saturated rings. The number of rotatable bonds is 7. The molecule has 1 heterocycles. The van der Waals surface area contributed by atoms with E-state index >= 15 is 0 Å². The second-order valence-corrected chi connectivity index (χ2v) is 5.42. The van der Waals surface area contributed by atoms with Crippen LogP contribution in [0.25, 0.3) is 0 Å². The number of hydrogen-bond donors (Lipinski definition) is 2. The highest BCUT2D eigenvalue weighted by molar-refractivity contribution is 5.76. The Morgan fingerprint density at radius 2 is 2.00 bits per heavy atom. The molecule has 2 N–H and O–H groups in total. The maximum atomic E-state index is 11.0. The second-order valence-electron chi connectivity index (χ2n) is 5.42. The molecule has 1 aromatic heterocycles. The van der Waals surface area contributed by atoms with Gasteiger partial charge in [-0.25, -0.2) is 14.7 Å². The van der Waals surface area contributed by atoms with E-state index in [4.69, 9.17) is 14.3 Å². The molecule has 118 valence electrons. The van der Waals surface area contributed by atoms with Gasteiger partial charge in [0.15, 0.2) is 5.60 Å². The van der Waals surface area contributed by atoms with E-state index in [9.17, 15) is 9.59 Å². The van der Waals surface area contributed by atoms with Crippen molar-refractivity contribution in [1.29, 1.82) is 0 Å². The predicted molar refractivity (Wildman–Crippen MR) is 77.9 cm³/mol. The zero-order valence-corrected chi connectivity index (χ0v) is 12.5. The van der Waals surface area contributed by atoms with E-state index in [-0.39, 0.29) is 0 Å². The lowest BCUT2D eigenvalue weighted by Gasteiger charge is -2.21. The van der Waals surface area contributed by atoms with Gasteiger partial charge in [-0.05, 0) is 44.4 Å². The molecule has 0 aliphatic carbocycles. The van der Waals surface area contributed by atoms with Crippen molar-refractivity contribution in [3.63, 3.8) is 0 Å². The quantitative estimate of drug-likeness (QED) is 0.807. The number of H-pyrrole nitrogens is 1. The number of hydrogen-bond acceptors (Lipinski definition) is 5. The summed E-state index contributed by atoms with van der Waals surface area (Å²) in [5, 5.41) is 15.0. The van der Waals surface area contributed by atoms with E-state index in [1.807, 2.05) is 12.1 Å². The lowest BCUT2D eigenvalue weighted by molar-refractivity contribution is -0.152. The van der Waals surface area contributed by atoms with Crippen LogP contribution in [0.5, 0.6) is 5.75 Å². The van der Waals surface area contributed by atoms with E-state index in [2.05, 4.69) is 10.2 Å². The Labute approximate surface area is 126 Å². The number of nitrogens with one attached hydrogen (secondary N) is 1. The molecule has 7 heteroatoms. The minimum atomic E-state index is -1.26. The molecule has 0 aliphatic rings. The summed E-state index contributed by atoms with van der Waals surface area (Å²) in [6.45, 7) is 3.00. The first-order valence-corrected chi connectivity index (χ1v) is 6.92. The van der Waals surface area contributed by atoms with Crippen LogP contribution in [0.4, 0.5) is 0 Å². The number of carboxylic acid groups (broad SMARTS) is 1. The maximum absolute atomic E-state index is 11.0. The summed E-state index contributed by atoms with van der Waals surface area (Å²) in [6, 6.07) is 7.26. The lowest BCUT2D eigenvalue weighted by Crippen LogP contribution is -2.37. The summed E-state index contributed by atoms with van der Waals surface area (Å²) in [4.78, 5) is 21.8. The Morgan fingerprint density at radius 3 is 2.55 bits per heavy atom. The summed E-state index contributed by atoms with van der Waals surface area (Å²) in [5.41, 5.74) is -0.183. The molecule has 0 bridgehead atoms. The van der Waals surface area contributed by atoms with Gasteiger partial charge in [0.1, 0.15) is 5.75 Å². The van der Waals surface area contributed by atoms with Crippen molar-refractivity contribution >= 4 is 5.97 Å². The number of aliphatic carboxylic acids is 1. The smallest absolute Gasteiger partial charge is 0.434 e. The van der Waals surface area contributed by atoms with Crippen molar-refractivity contribution in [3.8, 4) is 5.75 Å². The van der Waals surface area contributed by atoms with Gasteiger partial charge in [-0.2, -0.15) is 0 Å². The van der Waals surface area contributed by atoms with Gasteiger partial charge in [-0.1, -0.05) is 12.1 Å². The topological polar surface area (TPSA) is 105 Å². The highest BCUT2D eigenvalue weighted by atomic mass is 16.5. The van der Waals surface area contributed by atoms with E-state index < -0.39 is 17.3 Å². The summed E-state index contributed by atoms with van der Waals surface area (Å²) < 4.78 is 10.3. The highest BCUT2D eigenvalue weighted by Crippen LogP contribution is 2.20. The van der Waals surface area contributed by atoms with E-state index in [0.29, 0.717) is 18.1 Å². The molecule has 0 spiro atoms. The molecule has 2 aromatic rings. The standard InChI is InChI=1S/C15H18N2O5/c1-15(2,13(18)19)22-11-8-6-10(7-9-11)4-3-5-12-16-17-14(20)21-12/h6-9H,3-5H2,1-2H3,(H,17,20)(H,18,19). The minimum absolute atomic E-state index is 0.396. The SMILES string of the molecule is CC(C)(Oc1ccc(CCCc2n[nH]c(=O)o2)cc1)C(=O)O. The van der Waals surface area contributed by atoms with Crippen LogP contribution in [-0.2, 0) is 17.6 Å². The average molecular weight is 306 g/mol. The van der Waals surface area contributed by atoms with Crippen molar-refractivity contribution < 1.29 is 19.1 Å². The van der Waals surface area contributed by atoms with Gasteiger partial charge in [0.2, 0.25) is 5.89 Å². The van der Waals surface area contributed by atoms with Crippen molar-refractivity contribution in [1.82, 2.24) is 10.2 Å². The number of aryl methyl sites for hydroxylation is 2. The number of aromatic amines is 1. The molecular weight excluding hydrogens is 288 g/mol. The van der Waals surface area contributed by atoms with Gasteiger partial charge < -0.3 is 14.3 Å². The van der Waals surface area contributed by atoms with Crippen LogP contribution >= 0.6 is 0 Å². The van der Waals surface area contributed by atoms with Gasteiger partial charge in [-0.15, -0.1) is 5.10 Å². The molecule has 0 aliphatic heterocycles. The molecule has 22 heavy (non-hydrogen) atoms. The first-order valence-electron chi connectivity index (χ1n) is 6.92. The Hall–Kier alpha value is -2.57. The van der Waals surface area contributed by atoms with Crippen LogP contribution in [0.3, 0.4) is 0 Å². The number of ether oxygens (including phenoxy) is 1. The van der Waals surface area contributed by atoms with E-state index in [1.165, 1.54) is 13.8 Å². The van der Waals surface area contributed by atoms with Crippen LogP contribution < -0.4 is 10.5 Å². The summed E-state index contributed by atoms with van der Waals surface area (Å²) in [6.07, 6.45) is 2.15. The van der Waals surface area contributed by atoms with Gasteiger partial charge >= 0.3 is 11.7 Å². The largest absolute Gasteiger partial charge is 0.478 e. The third kappa shape index (κ3) is 4.21. The second kappa shape index (κ2) is 6.46. The number of aromatic nitrogens is 2. The number of nitrogens with zero attached hydrogens (tertiary/aromatic N) is 1. The van der Waals surface area contributed by atoms with Crippen LogP contribution in [0.1, 0.15) is 31.7 Å². The summed E-state index contributed by atoms with van der Waals surface area (Å²) in [5.74, 6) is -0.655. The first-order chi connectivity index (χ1) is 10.4. The minimum Gasteiger partial charge on any atom is -0.478 e. The monoisotopic (exact) mass is 306 g/mol. The van der Waals surface area contributed by atoms with Gasteiger partial charge in [0, 0.05) is 6.42 Å². The normalized spacial score (nSPS) is 11.4. The number of carboxylic acids is 1. The predicted octanol–water partition coefficient (Wildman–Crippen LogP) is 1.78. The summed E-state index contributed by atoms with van der Waals surface area (Å²) in [7, 11) is 0. The molecule has 0 radical (unpaired) electrons. The van der Waals surface area contributed by atoms with Crippen LogP contribution in [0.2, 0.25) is 0 Å². The molecule has 2 rings (SSSR count). The van der Waals surface area contributed by atoms with Gasteiger partial charge in [0.05, 0.1) is 0 Å². The Morgan fingerprint density at radius 1 is 1.32 bits per heavy atom. The molecule has 7 nitrogen and oxygen atoms in total. The van der Waals surface area contributed by atoms with Crippen molar-refractivity contribution in [2.24, 2.45) is 0 Å². The molecule has 0 atom stereocenters. The third-order valence-corrected chi connectivity index (χ3v) is 3.15. The molecule has 1 aromatic carbocycles. The molecule has 0 amide bonds. The van der Waals surface area contributed by atoms with Crippen LogP contribution in [-0.4, -0.2) is 26.9 Å². The zero-order chi connectivity index (χ0) is 16.2. The summed E-state index contributed by atoms with van der Waals surface area (Å²) >= 11 is 0. The fourth-order valence-corrected chi connectivity index (χ4v) is 1.87. The Bertz CT molecular complexity index is 684. The van der Waals surface area contributed by atoms with Crippen molar-refractivity contribution in [2.75, 3.05) is 0 Å². The fourth-order valence-electron chi connectivity index (χ4n) is 1.87. The average Bonchev–Trinajstić information content (AvgIpc) is 2.86. The number of benzene rings is 1. The number of carbonyl (C=O) groups is 1. The third-order valence-electron chi connectivity index (χ3n) is 3.15. The molecule has 0 unspecified atom stereocenters. The van der Waals surface area contributed by atoms with Gasteiger partial charge in [0.25, 0.3) is 0 Å². The highest BCUT2D eigenvalue weighted by Gasteiger charge is 2.29. The van der Waals surface area contributed by atoms with Crippen molar-refractivity contribution in [2.45, 2.75) is 38.7 Å². The maximum Gasteiger partial charge on any atom is 0.434 e. The van der Waals surface area contributed by atoms with Crippen LogP contribution in [0, 0.1) is 0 Å². The van der Waals surface area contributed by atoms with E-state index in [1.54, 1.807) is 12.1 Å². The van der Waals surface area contributed by atoms with E-state index in [0.717, 1.165) is 18.4 Å². The molecule has 0 saturated carbocycles. The lowest BCUT2D eigenvalue weighted by atomic mass is 10.1. The molecular formula is C15H18N2O5. The van der Waals surface area contributed by atoms with Gasteiger partial charge in [-0.3, -0.25) is 0 Å². The zero-order valence-electron chi connectivity index (χ0n) is 12.5. The van der Waals surface area contributed by atoms with Crippen LogP contribution in [0.15, 0.2) is 33.5 Å². The van der Waals surface area contributed by atoms with Crippen molar-refractivity contribution in [3.05, 3.63) is 46.3 Å². The first kappa shape index (κ1) is 15.8. The Kier molecular flexibility index (Phi) is 4.65. The fraction of sp³-hybridized carbons (Fsp3) is 0.400.